The molecule has 0 radical (unpaired) electrons. The van der Waals surface area contributed by atoms with E-state index in [2.05, 4.69) is 34.6 Å². The highest BCUT2D eigenvalue weighted by molar-refractivity contribution is 5.37. The molecule has 3 nitrogen and oxygen atoms in total. The highest BCUT2D eigenvalue weighted by Gasteiger charge is 2.61. The van der Waals surface area contributed by atoms with E-state index in [1.807, 2.05) is 0 Å². The number of carbonyl (C=O) groups is 1. The predicted molar refractivity (Wildman–Crippen MR) is 125 cm³/mol. The zero-order valence-corrected chi connectivity index (χ0v) is 20.8. The molecule has 0 saturated heterocycles. The summed E-state index contributed by atoms with van der Waals surface area (Å²) in [5.74, 6) is 5.62. The van der Waals surface area contributed by atoms with Gasteiger partial charge in [0.15, 0.2) is 0 Å². The van der Waals surface area contributed by atoms with Gasteiger partial charge < -0.3 is 9.84 Å². The molecule has 0 heterocycles. The van der Waals surface area contributed by atoms with E-state index in [1.165, 1.54) is 57.8 Å². The van der Waals surface area contributed by atoms with Crippen LogP contribution in [0.2, 0.25) is 0 Å². The Hall–Kier alpha value is -0.570. The van der Waals surface area contributed by atoms with Gasteiger partial charge in [-0.1, -0.05) is 53.9 Å². The van der Waals surface area contributed by atoms with Crippen LogP contribution in [0.4, 0.5) is 0 Å². The van der Waals surface area contributed by atoms with Crippen molar-refractivity contribution in [2.24, 2.45) is 52.3 Å². The smallest absolute Gasteiger partial charge is 0.293 e. The molecule has 4 fully saturated rings. The van der Waals surface area contributed by atoms with Crippen LogP contribution in [0.3, 0.4) is 0 Å². The molecule has 4 aliphatic rings. The molecule has 178 valence electrons. The maximum Gasteiger partial charge on any atom is 0.293 e. The molecule has 0 bridgehead atoms. The van der Waals surface area contributed by atoms with Gasteiger partial charge in [0.25, 0.3) is 6.47 Å². The van der Waals surface area contributed by atoms with Gasteiger partial charge in [0.2, 0.25) is 0 Å². The summed E-state index contributed by atoms with van der Waals surface area (Å²) >= 11 is 0. The van der Waals surface area contributed by atoms with Gasteiger partial charge in [0.05, 0.1) is 6.10 Å². The standard InChI is InChI=1S/C28H48O3/c1-18(2)7-6-8-19(3)22-11-12-23-21-10-9-20-15-25(30)26(31-17-29)16-28(20,5)24(21)13-14-27(22,23)4/h17-26,30H,6-16H2,1-5H3/t19-,20+,21+,22-,23+,24+,25-,26+,27-,28+/m1/s1. The first-order valence-corrected chi connectivity index (χ1v) is 13.5. The number of hydrogen-bond donors (Lipinski definition) is 1. The third-order valence-corrected chi connectivity index (χ3v) is 11.1. The van der Waals surface area contributed by atoms with Crippen LogP contribution in [0.25, 0.3) is 0 Å². The average molecular weight is 433 g/mol. The summed E-state index contributed by atoms with van der Waals surface area (Å²) in [6.45, 7) is 12.9. The minimum atomic E-state index is -0.476. The number of ether oxygens (including phenoxy) is 1. The minimum absolute atomic E-state index is 0.220. The second-order valence-corrected chi connectivity index (χ2v) is 13.0. The van der Waals surface area contributed by atoms with Gasteiger partial charge in [0, 0.05) is 0 Å². The Morgan fingerprint density at radius 3 is 2.45 bits per heavy atom. The van der Waals surface area contributed by atoms with Crippen molar-refractivity contribution in [2.75, 3.05) is 0 Å². The third kappa shape index (κ3) is 4.11. The molecule has 0 amide bonds. The summed E-state index contributed by atoms with van der Waals surface area (Å²) in [5, 5.41) is 10.6. The third-order valence-electron chi connectivity index (χ3n) is 11.1. The van der Waals surface area contributed by atoms with Crippen molar-refractivity contribution in [2.45, 2.75) is 117 Å². The summed E-state index contributed by atoms with van der Waals surface area (Å²) in [6, 6.07) is 0. The Labute approximate surface area is 191 Å². The second kappa shape index (κ2) is 8.99. The first-order chi connectivity index (χ1) is 14.7. The maximum atomic E-state index is 11.0. The van der Waals surface area contributed by atoms with Crippen molar-refractivity contribution < 1.29 is 14.6 Å². The van der Waals surface area contributed by atoms with Crippen LogP contribution in [0.1, 0.15) is 105 Å². The lowest BCUT2D eigenvalue weighted by molar-refractivity contribution is -0.176. The number of rotatable bonds is 7. The van der Waals surface area contributed by atoms with E-state index in [1.54, 1.807) is 0 Å². The molecule has 31 heavy (non-hydrogen) atoms. The molecule has 3 heteroatoms. The van der Waals surface area contributed by atoms with Crippen LogP contribution < -0.4 is 0 Å². The summed E-state index contributed by atoms with van der Waals surface area (Å²) in [6.07, 6.45) is 13.2. The highest BCUT2D eigenvalue weighted by Crippen LogP contribution is 2.68. The quantitative estimate of drug-likeness (QED) is 0.460. The molecule has 4 aliphatic carbocycles. The molecule has 4 rings (SSSR count). The molecular formula is C28H48O3. The monoisotopic (exact) mass is 432 g/mol. The molecule has 1 N–H and O–H groups in total. The summed E-state index contributed by atoms with van der Waals surface area (Å²) < 4.78 is 5.37. The lowest BCUT2D eigenvalue weighted by Gasteiger charge is -2.61. The van der Waals surface area contributed by atoms with E-state index < -0.39 is 6.10 Å². The van der Waals surface area contributed by atoms with Crippen LogP contribution in [0, 0.1) is 52.3 Å². The van der Waals surface area contributed by atoms with Gasteiger partial charge in [-0.05, 0) is 104 Å². The Morgan fingerprint density at radius 2 is 1.74 bits per heavy atom. The zero-order valence-electron chi connectivity index (χ0n) is 20.8. The van der Waals surface area contributed by atoms with Crippen LogP contribution >= 0.6 is 0 Å². The van der Waals surface area contributed by atoms with Gasteiger partial charge in [-0.15, -0.1) is 0 Å². The van der Waals surface area contributed by atoms with E-state index in [0.717, 1.165) is 48.3 Å². The summed E-state index contributed by atoms with van der Waals surface area (Å²) in [7, 11) is 0. The largest absolute Gasteiger partial charge is 0.462 e. The molecule has 0 aromatic carbocycles. The SMILES string of the molecule is CC(C)CCC[C@@H](C)[C@H]1CC[C@H]2[C@@H]3CC[C@H]4C[C@@H](O)[C@@H](OC=O)C[C@]4(C)[C@H]3CC[C@]12C. The lowest BCUT2D eigenvalue weighted by atomic mass is 9.44. The average Bonchev–Trinajstić information content (AvgIpc) is 3.06. The number of hydrogen-bond acceptors (Lipinski definition) is 3. The van der Waals surface area contributed by atoms with Crippen molar-refractivity contribution in [3.8, 4) is 0 Å². The Kier molecular flexibility index (Phi) is 6.84. The number of aliphatic hydroxyl groups excluding tert-OH is 1. The van der Waals surface area contributed by atoms with Crippen LogP contribution in [0.15, 0.2) is 0 Å². The van der Waals surface area contributed by atoms with E-state index in [-0.39, 0.29) is 11.5 Å². The molecule has 0 aromatic heterocycles. The number of carbonyl (C=O) groups excluding carboxylic acids is 1. The van der Waals surface area contributed by atoms with Crippen LogP contribution in [-0.2, 0) is 9.53 Å². The predicted octanol–water partition coefficient (Wildman–Crippen LogP) is 6.62. The molecule has 4 saturated carbocycles. The molecule has 0 aliphatic heterocycles. The normalized spacial score (nSPS) is 47.9. The molecular weight excluding hydrogens is 384 g/mol. The van der Waals surface area contributed by atoms with Gasteiger partial charge in [0.1, 0.15) is 6.10 Å². The fourth-order valence-electron chi connectivity index (χ4n) is 9.49. The topological polar surface area (TPSA) is 46.5 Å². The Bertz CT molecular complexity index is 632. The van der Waals surface area contributed by atoms with E-state index >= 15 is 0 Å². The molecule has 0 spiro atoms. The van der Waals surface area contributed by atoms with Gasteiger partial charge in [-0.2, -0.15) is 0 Å². The summed E-state index contributed by atoms with van der Waals surface area (Å²) in [4.78, 5) is 11.0. The Balaban J connectivity index is 1.48. The number of fused-ring (bicyclic) bond motifs is 5. The summed E-state index contributed by atoms with van der Waals surface area (Å²) in [5.41, 5.74) is 0.743. The van der Waals surface area contributed by atoms with E-state index in [0.29, 0.717) is 17.8 Å². The van der Waals surface area contributed by atoms with Gasteiger partial charge in [-0.3, -0.25) is 4.79 Å². The highest BCUT2D eigenvalue weighted by atomic mass is 16.5. The van der Waals surface area contributed by atoms with Crippen molar-refractivity contribution >= 4 is 6.47 Å². The fraction of sp³-hybridized carbons (Fsp3) is 0.964. The van der Waals surface area contributed by atoms with Crippen molar-refractivity contribution in [1.29, 1.82) is 0 Å². The fourth-order valence-corrected chi connectivity index (χ4v) is 9.49. The molecule has 0 aromatic rings. The van der Waals surface area contributed by atoms with Crippen molar-refractivity contribution in [1.82, 2.24) is 0 Å². The second-order valence-electron chi connectivity index (χ2n) is 13.0. The maximum absolute atomic E-state index is 11.0. The first-order valence-electron chi connectivity index (χ1n) is 13.5. The molecule has 0 unspecified atom stereocenters. The zero-order chi connectivity index (χ0) is 22.4. The Morgan fingerprint density at radius 1 is 1.00 bits per heavy atom. The molecule has 10 atom stereocenters. The first kappa shape index (κ1) is 23.6. The lowest BCUT2D eigenvalue weighted by Crippen LogP contribution is -2.57. The van der Waals surface area contributed by atoms with Crippen LogP contribution in [-0.4, -0.2) is 23.8 Å². The van der Waals surface area contributed by atoms with E-state index in [4.69, 9.17) is 4.74 Å². The van der Waals surface area contributed by atoms with Crippen LogP contribution in [0.5, 0.6) is 0 Å². The number of aliphatic hydroxyl groups is 1. The minimum Gasteiger partial charge on any atom is -0.462 e. The van der Waals surface area contributed by atoms with Gasteiger partial charge >= 0.3 is 0 Å². The van der Waals surface area contributed by atoms with Gasteiger partial charge in [-0.25, -0.2) is 0 Å². The van der Waals surface area contributed by atoms with Crippen molar-refractivity contribution in [3.63, 3.8) is 0 Å². The van der Waals surface area contributed by atoms with Crippen molar-refractivity contribution in [3.05, 3.63) is 0 Å². The van der Waals surface area contributed by atoms with E-state index in [9.17, 15) is 9.90 Å².